The number of rotatable bonds is 5. The Morgan fingerprint density at radius 3 is 2.53 bits per heavy atom. The number of nitrogens with zero attached hydrogens (tertiary/aromatic N) is 4. The van der Waals surface area contributed by atoms with Crippen LogP contribution in [0.4, 0.5) is 13.2 Å². The van der Waals surface area contributed by atoms with E-state index in [0.717, 1.165) is 50.9 Å². The fourth-order valence-electron chi connectivity index (χ4n) is 5.61. The number of aryl methyl sites for hydroxylation is 1. The second kappa shape index (κ2) is 9.00. The zero-order valence-electron chi connectivity index (χ0n) is 19.4. The molecule has 1 aromatic carbocycles. The average molecular weight is 477 g/mol. The monoisotopic (exact) mass is 476 g/mol. The third-order valence-electron chi connectivity index (χ3n) is 7.51. The Morgan fingerprint density at radius 1 is 1.15 bits per heavy atom. The van der Waals surface area contributed by atoms with Crippen LogP contribution in [0, 0.1) is 6.92 Å². The van der Waals surface area contributed by atoms with E-state index in [1.54, 1.807) is 17.9 Å². The number of hydrogen-bond acceptors (Lipinski definition) is 4. The van der Waals surface area contributed by atoms with Crippen molar-refractivity contribution in [1.82, 2.24) is 19.6 Å². The SMILES string of the molecule is Cc1nn(-c2cccc(C(F)(F)F)c2)c(C2CC2)c1C(=O)N1CC[C@@H](N2CCCC2)C[C@@H]1CO. The van der Waals surface area contributed by atoms with Crippen molar-refractivity contribution in [2.75, 3.05) is 26.2 Å². The van der Waals surface area contributed by atoms with Crippen LogP contribution in [0.3, 0.4) is 0 Å². The van der Waals surface area contributed by atoms with Crippen LogP contribution in [0.15, 0.2) is 24.3 Å². The predicted molar refractivity (Wildman–Crippen MR) is 121 cm³/mol. The fraction of sp³-hybridized carbons (Fsp3) is 0.600. The van der Waals surface area contributed by atoms with Crippen molar-refractivity contribution in [2.45, 2.75) is 69.6 Å². The molecule has 0 bridgehead atoms. The third-order valence-corrected chi connectivity index (χ3v) is 7.51. The molecule has 9 heteroatoms. The van der Waals surface area contributed by atoms with E-state index in [2.05, 4.69) is 10.00 Å². The van der Waals surface area contributed by atoms with Gasteiger partial charge in [0, 0.05) is 18.5 Å². The fourth-order valence-corrected chi connectivity index (χ4v) is 5.61. The minimum Gasteiger partial charge on any atom is -0.394 e. The number of amides is 1. The van der Waals surface area contributed by atoms with Gasteiger partial charge in [-0.1, -0.05) is 6.07 Å². The Morgan fingerprint density at radius 2 is 1.88 bits per heavy atom. The van der Waals surface area contributed by atoms with Crippen molar-refractivity contribution >= 4 is 5.91 Å². The first-order valence-electron chi connectivity index (χ1n) is 12.2. The molecule has 2 aliphatic heterocycles. The average Bonchev–Trinajstić information content (AvgIpc) is 3.39. The number of benzene rings is 1. The lowest BCUT2D eigenvalue weighted by Gasteiger charge is -2.42. The van der Waals surface area contributed by atoms with E-state index in [1.165, 1.54) is 23.6 Å². The van der Waals surface area contributed by atoms with Crippen molar-refractivity contribution < 1.29 is 23.1 Å². The molecule has 1 saturated carbocycles. The minimum atomic E-state index is -4.45. The standard InChI is InChI=1S/C25H31F3N4O2/c1-16-22(24(34)31-12-9-19(14-21(31)15-33)30-10-2-3-11-30)23(17-7-8-17)32(29-16)20-6-4-5-18(13-20)25(26,27)28/h4-6,13,17,19,21,33H,2-3,7-12,14-15H2,1H3/t19-,21-/m1/s1. The molecule has 3 heterocycles. The van der Waals surface area contributed by atoms with E-state index in [0.29, 0.717) is 35.2 Å². The number of piperidine rings is 1. The zero-order valence-corrected chi connectivity index (χ0v) is 19.4. The van der Waals surface area contributed by atoms with Crippen molar-refractivity contribution in [1.29, 1.82) is 0 Å². The zero-order chi connectivity index (χ0) is 24.0. The summed E-state index contributed by atoms with van der Waals surface area (Å²) in [7, 11) is 0. The van der Waals surface area contributed by atoms with Gasteiger partial charge in [0.1, 0.15) is 0 Å². The van der Waals surface area contributed by atoms with Gasteiger partial charge in [0.25, 0.3) is 5.91 Å². The van der Waals surface area contributed by atoms with Gasteiger partial charge in [-0.15, -0.1) is 0 Å². The number of alkyl halides is 3. The van der Waals surface area contributed by atoms with E-state index in [1.807, 2.05) is 0 Å². The van der Waals surface area contributed by atoms with E-state index in [9.17, 15) is 23.1 Å². The van der Waals surface area contributed by atoms with Crippen LogP contribution in [-0.2, 0) is 6.18 Å². The predicted octanol–water partition coefficient (Wildman–Crippen LogP) is 4.14. The van der Waals surface area contributed by atoms with Crippen LogP contribution in [0.5, 0.6) is 0 Å². The molecule has 6 nitrogen and oxygen atoms in total. The maximum atomic E-state index is 13.8. The highest BCUT2D eigenvalue weighted by Gasteiger charge is 2.40. The summed E-state index contributed by atoms with van der Waals surface area (Å²) in [5.41, 5.74) is 1.27. The molecule has 1 amide bonds. The second-order valence-electron chi connectivity index (χ2n) is 9.84. The largest absolute Gasteiger partial charge is 0.416 e. The van der Waals surface area contributed by atoms with Gasteiger partial charge in [-0.05, 0) is 76.7 Å². The molecular formula is C25H31F3N4O2. The molecule has 1 aromatic heterocycles. The van der Waals surface area contributed by atoms with E-state index < -0.39 is 11.7 Å². The molecule has 2 aromatic rings. The molecule has 2 atom stereocenters. The number of aliphatic hydroxyl groups is 1. The minimum absolute atomic E-state index is 0.101. The maximum Gasteiger partial charge on any atom is 0.416 e. The third kappa shape index (κ3) is 4.35. The number of carbonyl (C=O) groups is 1. The van der Waals surface area contributed by atoms with Crippen LogP contribution >= 0.6 is 0 Å². The van der Waals surface area contributed by atoms with Crippen LogP contribution in [0.2, 0.25) is 0 Å². The molecule has 5 rings (SSSR count). The molecule has 1 N–H and O–H groups in total. The summed E-state index contributed by atoms with van der Waals surface area (Å²) in [5, 5.41) is 14.7. The molecule has 184 valence electrons. The quantitative estimate of drug-likeness (QED) is 0.705. The van der Waals surface area contributed by atoms with Crippen molar-refractivity contribution in [3.63, 3.8) is 0 Å². The first kappa shape index (κ1) is 23.4. The van der Waals surface area contributed by atoms with E-state index in [-0.39, 0.29) is 24.5 Å². The normalized spacial score (nSPS) is 24.1. The van der Waals surface area contributed by atoms with E-state index >= 15 is 0 Å². The Balaban J connectivity index is 1.46. The summed E-state index contributed by atoms with van der Waals surface area (Å²) in [6, 6.07) is 5.21. The van der Waals surface area contributed by atoms with Crippen molar-refractivity contribution in [3.05, 3.63) is 46.8 Å². The van der Waals surface area contributed by atoms with Crippen LogP contribution in [0.25, 0.3) is 5.69 Å². The number of halogens is 3. The topological polar surface area (TPSA) is 61.6 Å². The molecular weight excluding hydrogens is 445 g/mol. The molecule has 0 spiro atoms. The van der Waals surface area contributed by atoms with Gasteiger partial charge in [-0.3, -0.25) is 4.79 Å². The van der Waals surface area contributed by atoms with Crippen LogP contribution < -0.4 is 0 Å². The summed E-state index contributed by atoms with van der Waals surface area (Å²) in [4.78, 5) is 18.0. The van der Waals surface area contributed by atoms with Gasteiger partial charge in [0.2, 0.25) is 0 Å². The summed E-state index contributed by atoms with van der Waals surface area (Å²) in [6.45, 7) is 4.35. The highest BCUT2D eigenvalue weighted by atomic mass is 19.4. The second-order valence-corrected chi connectivity index (χ2v) is 9.84. The molecule has 1 aliphatic carbocycles. The molecule has 3 fully saturated rings. The van der Waals surface area contributed by atoms with Crippen LogP contribution in [0.1, 0.15) is 71.8 Å². The summed E-state index contributed by atoms with van der Waals surface area (Å²) in [6.07, 6.45) is 1.30. The molecule has 34 heavy (non-hydrogen) atoms. The van der Waals surface area contributed by atoms with Gasteiger partial charge >= 0.3 is 6.18 Å². The van der Waals surface area contributed by atoms with Crippen LogP contribution in [-0.4, -0.2) is 68.9 Å². The first-order chi connectivity index (χ1) is 16.3. The lowest BCUT2D eigenvalue weighted by atomic mass is 9.95. The Kier molecular flexibility index (Phi) is 6.18. The van der Waals surface area contributed by atoms with Gasteiger partial charge in [0.05, 0.1) is 40.9 Å². The number of hydrogen-bond donors (Lipinski definition) is 1. The molecule has 0 unspecified atom stereocenters. The molecule has 2 saturated heterocycles. The first-order valence-corrected chi connectivity index (χ1v) is 12.2. The number of aliphatic hydroxyl groups excluding tert-OH is 1. The maximum absolute atomic E-state index is 13.8. The highest BCUT2D eigenvalue weighted by Crippen LogP contribution is 2.44. The summed E-state index contributed by atoms with van der Waals surface area (Å²) in [5.74, 6) is -0.0686. The smallest absolute Gasteiger partial charge is 0.394 e. The Hall–Kier alpha value is -2.39. The summed E-state index contributed by atoms with van der Waals surface area (Å²) < 4.78 is 41.5. The van der Waals surface area contributed by atoms with Gasteiger partial charge in [-0.2, -0.15) is 18.3 Å². The molecule has 3 aliphatic rings. The number of carbonyl (C=O) groups excluding carboxylic acids is 1. The number of aromatic nitrogens is 2. The molecule has 0 radical (unpaired) electrons. The van der Waals surface area contributed by atoms with Gasteiger partial charge < -0.3 is 14.9 Å². The number of likely N-dealkylation sites (tertiary alicyclic amines) is 2. The highest BCUT2D eigenvalue weighted by molar-refractivity contribution is 5.97. The van der Waals surface area contributed by atoms with Gasteiger partial charge in [-0.25, -0.2) is 4.68 Å². The van der Waals surface area contributed by atoms with Crippen molar-refractivity contribution in [3.8, 4) is 5.69 Å². The lowest BCUT2D eigenvalue weighted by molar-refractivity contribution is -0.137. The Bertz CT molecular complexity index is 1060. The Labute approximate surface area is 197 Å². The van der Waals surface area contributed by atoms with Crippen molar-refractivity contribution in [2.24, 2.45) is 0 Å². The van der Waals surface area contributed by atoms with E-state index in [4.69, 9.17) is 0 Å². The lowest BCUT2D eigenvalue weighted by Crippen LogP contribution is -2.53. The van der Waals surface area contributed by atoms with Gasteiger partial charge in [0.15, 0.2) is 0 Å². The summed E-state index contributed by atoms with van der Waals surface area (Å²) >= 11 is 0.